The van der Waals surface area contributed by atoms with Crippen molar-refractivity contribution in [3.05, 3.63) is 108 Å². The first-order valence-corrected chi connectivity index (χ1v) is 14.1. The van der Waals surface area contributed by atoms with E-state index in [-0.39, 0.29) is 18.1 Å². The summed E-state index contributed by atoms with van der Waals surface area (Å²) in [6.45, 7) is 0.285. The first-order chi connectivity index (χ1) is 19.1. The Kier molecular flexibility index (Phi) is 9.66. The highest BCUT2D eigenvalue weighted by Gasteiger charge is 2.53. The highest BCUT2D eigenvalue weighted by Crippen LogP contribution is 2.41. The van der Waals surface area contributed by atoms with E-state index in [9.17, 15) is 4.39 Å². The van der Waals surface area contributed by atoms with Crippen molar-refractivity contribution in [2.75, 3.05) is 20.8 Å². The number of hydrogen-bond donors (Lipinski definition) is 0. The predicted octanol–water partition coefficient (Wildman–Crippen LogP) is 5.47. The molecule has 0 N–H and O–H groups in total. The third-order valence-corrected chi connectivity index (χ3v) is 8.12. The van der Waals surface area contributed by atoms with Crippen LogP contribution in [0.5, 0.6) is 0 Å². The second kappa shape index (κ2) is 13.5. The minimum absolute atomic E-state index is 0.275. The van der Waals surface area contributed by atoms with Crippen molar-refractivity contribution in [2.24, 2.45) is 4.99 Å². The molecule has 1 saturated heterocycles. The van der Waals surface area contributed by atoms with Crippen LogP contribution in [0.3, 0.4) is 0 Å². The van der Waals surface area contributed by atoms with Gasteiger partial charge in [0.25, 0.3) is 0 Å². The highest BCUT2D eigenvalue weighted by molar-refractivity contribution is 8.14. The fraction of sp³-hybridized carbons (Fsp3) is 0.387. The number of amidine groups is 1. The molecule has 0 amide bonds. The number of alkyl halides is 1. The summed E-state index contributed by atoms with van der Waals surface area (Å²) in [5, 5.41) is 0.850. The van der Waals surface area contributed by atoms with Crippen LogP contribution in [0.4, 0.5) is 4.39 Å². The molecule has 2 aliphatic heterocycles. The van der Waals surface area contributed by atoms with Crippen molar-refractivity contribution >= 4 is 16.9 Å². The molecule has 3 aromatic carbocycles. The van der Waals surface area contributed by atoms with E-state index in [2.05, 4.69) is 0 Å². The average Bonchev–Trinajstić information content (AvgIpc) is 3.41. The smallest absolute Gasteiger partial charge is 0.161 e. The molecule has 0 aromatic heterocycles. The van der Waals surface area contributed by atoms with Gasteiger partial charge < -0.3 is 23.8 Å². The zero-order valence-electron chi connectivity index (χ0n) is 22.3. The van der Waals surface area contributed by atoms with Gasteiger partial charge in [0.15, 0.2) is 5.17 Å². The molecule has 6 atom stereocenters. The van der Waals surface area contributed by atoms with Gasteiger partial charge in [-0.05, 0) is 16.7 Å². The molecule has 2 heterocycles. The summed E-state index contributed by atoms with van der Waals surface area (Å²) in [7, 11) is 3.91. The molecular weight excluding hydrogens is 515 g/mol. The van der Waals surface area contributed by atoms with Crippen LogP contribution in [0.25, 0.3) is 0 Å². The van der Waals surface area contributed by atoms with Crippen LogP contribution in [0.2, 0.25) is 0 Å². The van der Waals surface area contributed by atoms with Crippen LogP contribution in [-0.2, 0) is 38.8 Å². The van der Waals surface area contributed by atoms with E-state index >= 15 is 0 Å². The minimum atomic E-state index is -0.834. The highest BCUT2D eigenvalue weighted by atomic mass is 32.2. The zero-order valence-corrected chi connectivity index (χ0v) is 23.1. The summed E-state index contributed by atoms with van der Waals surface area (Å²) < 4.78 is 40.5. The summed E-state index contributed by atoms with van der Waals surface area (Å²) in [5.41, 5.74) is 2.69. The molecule has 0 aliphatic carbocycles. The molecule has 39 heavy (non-hydrogen) atoms. The monoisotopic (exact) mass is 550 g/mol. The van der Waals surface area contributed by atoms with E-state index in [1.54, 1.807) is 0 Å². The Labute approximate surface area is 234 Å². The topological polar surface area (TPSA) is 52.5 Å². The van der Waals surface area contributed by atoms with E-state index < -0.39 is 31.1 Å². The maximum Gasteiger partial charge on any atom is 0.161 e. The largest absolute Gasteiger partial charge is 0.368 e. The standard InChI is InChI=1S/C31H35FN2O4S/c1-34(2)31-33-26-28(36-20-23-14-8-4-9-15-23)29(37-21-24-16-10-5-11-17-24)27(38-30(26)39-31)25(18-32)35-19-22-12-6-3-7-13-22/h3-17,25-30H,18-21H2,1-2H3/t25-,26+,27+,28+,29+,30+/m0/s1. The molecule has 206 valence electrons. The summed E-state index contributed by atoms with van der Waals surface area (Å²) >= 11 is 1.53. The van der Waals surface area contributed by atoms with E-state index in [4.69, 9.17) is 23.9 Å². The molecule has 6 nitrogen and oxygen atoms in total. The van der Waals surface area contributed by atoms with E-state index in [0.717, 1.165) is 21.9 Å². The van der Waals surface area contributed by atoms with Crippen LogP contribution in [0, 0.1) is 0 Å². The predicted molar refractivity (Wildman–Crippen MR) is 152 cm³/mol. The maximum absolute atomic E-state index is 14.7. The van der Waals surface area contributed by atoms with Gasteiger partial charge in [-0.2, -0.15) is 0 Å². The number of rotatable bonds is 11. The van der Waals surface area contributed by atoms with Gasteiger partial charge in [0, 0.05) is 14.1 Å². The van der Waals surface area contributed by atoms with E-state index in [1.807, 2.05) is 110 Å². The molecule has 0 bridgehead atoms. The quantitative estimate of drug-likeness (QED) is 0.316. The van der Waals surface area contributed by atoms with Crippen molar-refractivity contribution in [1.82, 2.24) is 4.90 Å². The number of benzene rings is 3. The lowest BCUT2D eigenvalue weighted by molar-refractivity contribution is -0.230. The molecule has 0 radical (unpaired) electrons. The third kappa shape index (κ3) is 7.07. The Morgan fingerprint density at radius 1 is 0.795 bits per heavy atom. The minimum Gasteiger partial charge on any atom is -0.368 e. The van der Waals surface area contributed by atoms with Crippen molar-refractivity contribution < 1.29 is 23.3 Å². The summed E-state index contributed by atoms with van der Waals surface area (Å²) in [6, 6.07) is 29.4. The third-order valence-electron chi connectivity index (χ3n) is 6.81. The van der Waals surface area contributed by atoms with Crippen LogP contribution < -0.4 is 0 Å². The molecule has 0 saturated carbocycles. The summed E-state index contributed by atoms with van der Waals surface area (Å²) in [6.07, 6.45) is -2.58. The van der Waals surface area contributed by atoms with Gasteiger partial charge in [-0.3, -0.25) is 4.99 Å². The fourth-order valence-electron chi connectivity index (χ4n) is 4.78. The number of thioether (sulfide) groups is 1. The van der Waals surface area contributed by atoms with Gasteiger partial charge >= 0.3 is 0 Å². The van der Waals surface area contributed by atoms with E-state index in [0.29, 0.717) is 13.2 Å². The van der Waals surface area contributed by atoms with Crippen LogP contribution >= 0.6 is 11.8 Å². The van der Waals surface area contributed by atoms with Gasteiger partial charge in [-0.25, -0.2) is 4.39 Å². The lowest BCUT2D eigenvalue weighted by Crippen LogP contribution is -2.60. The molecule has 3 aromatic rings. The van der Waals surface area contributed by atoms with Crippen molar-refractivity contribution in [3.63, 3.8) is 0 Å². The average molecular weight is 551 g/mol. The zero-order chi connectivity index (χ0) is 27.0. The molecule has 2 aliphatic rings. The van der Waals surface area contributed by atoms with Crippen molar-refractivity contribution in [3.8, 4) is 0 Å². The number of aliphatic imine (C=N–C) groups is 1. The first-order valence-electron chi connectivity index (χ1n) is 13.2. The maximum atomic E-state index is 14.7. The number of ether oxygens (including phenoxy) is 4. The van der Waals surface area contributed by atoms with Crippen LogP contribution in [0.1, 0.15) is 16.7 Å². The summed E-state index contributed by atoms with van der Waals surface area (Å²) in [4.78, 5) is 6.93. The Morgan fingerprint density at radius 3 is 1.82 bits per heavy atom. The molecule has 0 unspecified atom stereocenters. The molecular formula is C31H35FN2O4S. The fourth-order valence-corrected chi connectivity index (χ4v) is 5.92. The van der Waals surface area contributed by atoms with Gasteiger partial charge in [0.1, 0.15) is 42.6 Å². The Balaban J connectivity index is 1.43. The second-order valence-electron chi connectivity index (χ2n) is 9.90. The van der Waals surface area contributed by atoms with Crippen LogP contribution in [0.15, 0.2) is 96.0 Å². The number of hydrogen-bond acceptors (Lipinski definition) is 7. The molecule has 0 spiro atoms. The number of halogens is 1. The Morgan fingerprint density at radius 2 is 1.31 bits per heavy atom. The van der Waals surface area contributed by atoms with E-state index in [1.165, 1.54) is 11.8 Å². The normalized spacial score (nSPS) is 25.1. The lowest BCUT2D eigenvalue weighted by Gasteiger charge is -2.44. The number of fused-ring (bicyclic) bond motifs is 1. The second-order valence-corrected chi connectivity index (χ2v) is 11.0. The summed E-state index contributed by atoms with van der Waals surface area (Å²) in [5.74, 6) is 0. The Hall–Kier alpha value is -2.75. The Bertz CT molecular complexity index is 1180. The van der Waals surface area contributed by atoms with Gasteiger partial charge in [-0.15, -0.1) is 0 Å². The molecule has 5 rings (SSSR count). The van der Waals surface area contributed by atoms with Gasteiger partial charge in [-0.1, -0.05) is 103 Å². The van der Waals surface area contributed by atoms with Gasteiger partial charge in [0.2, 0.25) is 0 Å². The lowest BCUT2D eigenvalue weighted by atomic mass is 9.94. The van der Waals surface area contributed by atoms with Crippen molar-refractivity contribution in [1.29, 1.82) is 0 Å². The van der Waals surface area contributed by atoms with Gasteiger partial charge in [0.05, 0.1) is 19.8 Å². The molecule has 1 fully saturated rings. The molecule has 8 heteroatoms. The van der Waals surface area contributed by atoms with Crippen LogP contribution in [-0.4, -0.2) is 66.7 Å². The first kappa shape index (κ1) is 27.8. The van der Waals surface area contributed by atoms with Crippen molar-refractivity contribution in [2.45, 2.75) is 55.7 Å². The SMILES string of the molecule is CN(C)C1=N[C@@H]2[C@@H](OCc3ccccc3)[C@H](OCc3ccccc3)[C@@H]([C@H](CF)OCc3ccccc3)O[C@@H]2S1. The number of nitrogens with zero attached hydrogens (tertiary/aromatic N) is 2.